The molecule has 5 nitrogen and oxygen atoms in total. The van der Waals surface area contributed by atoms with Crippen molar-refractivity contribution in [2.24, 2.45) is 0 Å². The molecule has 19 heavy (non-hydrogen) atoms. The molecule has 0 fully saturated rings. The van der Waals surface area contributed by atoms with Crippen LogP contribution in [0.3, 0.4) is 0 Å². The number of rotatable bonds is 4. The standard InChI is InChI=1S/C11H9F3N2O3/c1-2-3-15-9(17)6-16-4-7(10(18)19)8(5-16)11(12,13)14/h1,4-5H,3,6H2,(H,15,17)(H,18,19). The lowest BCUT2D eigenvalue weighted by atomic mass is 10.2. The largest absolute Gasteiger partial charge is 0.478 e. The summed E-state index contributed by atoms with van der Waals surface area (Å²) in [6, 6.07) is 0. The Balaban J connectivity index is 2.97. The Morgan fingerprint density at radius 2 is 2.05 bits per heavy atom. The first kappa shape index (κ1) is 14.6. The molecule has 1 heterocycles. The van der Waals surface area contributed by atoms with Crippen LogP contribution in [0.1, 0.15) is 15.9 Å². The maximum absolute atomic E-state index is 12.6. The number of carboxylic acids is 1. The second kappa shape index (κ2) is 5.48. The molecule has 2 N–H and O–H groups in total. The number of carbonyl (C=O) groups excluding carboxylic acids is 1. The number of hydrogen-bond acceptors (Lipinski definition) is 2. The third-order valence-electron chi connectivity index (χ3n) is 2.13. The molecule has 8 heteroatoms. The summed E-state index contributed by atoms with van der Waals surface area (Å²) in [5, 5.41) is 10.9. The zero-order valence-corrected chi connectivity index (χ0v) is 9.49. The number of nitrogens with zero attached hydrogens (tertiary/aromatic N) is 1. The van der Waals surface area contributed by atoms with Gasteiger partial charge in [-0.25, -0.2) is 4.79 Å². The molecule has 0 saturated carbocycles. The van der Waals surface area contributed by atoms with E-state index in [0.717, 1.165) is 10.8 Å². The van der Waals surface area contributed by atoms with Crippen LogP contribution in [0.25, 0.3) is 0 Å². The van der Waals surface area contributed by atoms with E-state index < -0.39 is 35.7 Å². The predicted molar refractivity (Wildman–Crippen MR) is 58.2 cm³/mol. The Bertz CT molecular complexity index is 540. The minimum Gasteiger partial charge on any atom is -0.478 e. The Morgan fingerprint density at radius 1 is 1.42 bits per heavy atom. The maximum Gasteiger partial charge on any atom is 0.418 e. The number of alkyl halides is 3. The monoisotopic (exact) mass is 274 g/mol. The highest BCUT2D eigenvalue weighted by Gasteiger charge is 2.37. The fraction of sp³-hybridized carbons (Fsp3) is 0.273. The molecule has 1 aromatic heterocycles. The van der Waals surface area contributed by atoms with Crippen molar-refractivity contribution in [3.8, 4) is 12.3 Å². The summed E-state index contributed by atoms with van der Waals surface area (Å²) < 4.78 is 38.5. The van der Waals surface area contributed by atoms with E-state index in [9.17, 15) is 22.8 Å². The molecular weight excluding hydrogens is 265 g/mol. The van der Waals surface area contributed by atoms with Crippen LogP contribution in [0.4, 0.5) is 13.2 Å². The summed E-state index contributed by atoms with van der Waals surface area (Å²) in [6.07, 6.45) is 1.42. The van der Waals surface area contributed by atoms with Crippen LogP contribution in [0.2, 0.25) is 0 Å². The number of aromatic carboxylic acids is 1. The molecular formula is C11H9F3N2O3. The van der Waals surface area contributed by atoms with Crippen molar-refractivity contribution in [2.45, 2.75) is 12.7 Å². The van der Waals surface area contributed by atoms with Crippen molar-refractivity contribution in [3.63, 3.8) is 0 Å². The summed E-state index contributed by atoms with van der Waals surface area (Å²) in [7, 11) is 0. The molecule has 0 aliphatic rings. The average molecular weight is 274 g/mol. The van der Waals surface area contributed by atoms with Crippen LogP contribution < -0.4 is 5.32 Å². The minimum absolute atomic E-state index is 0.0575. The van der Waals surface area contributed by atoms with Gasteiger partial charge in [0.25, 0.3) is 0 Å². The zero-order valence-electron chi connectivity index (χ0n) is 9.49. The third kappa shape index (κ3) is 3.77. The van der Waals surface area contributed by atoms with Crippen LogP contribution >= 0.6 is 0 Å². The van der Waals surface area contributed by atoms with E-state index in [1.807, 2.05) is 0 Å². The van der Waals surface area contributed by atoms with Gasteiger partial charge in [-0.15, -0.1) is 6.42 Å². The van der Waals surface area contributed by atoms with Gasteiger partial charge in [0, 0.05) is 12.4 Å². The van der Waals surface area contributed by atoms with E-state index in [1.54, 1.807) is 0 Å². The van der Waals surface area contributed by atoms with E-state index in [1.165, 1.54) is 0 Å². The van der Waals surface area contributed by atoms with Gasteiger partial charge >= 0.3 is 12.1 Å². The average Bonchev–Trinajstić information content (AvgIpc) is 2.70. The van der Waals surface area contributed by atoms with Gasteiger partial charge in [-0.3, -0.25) is 4.79 Å². The Kier molecular flexibility index (Phi) is 4.22. The van der Waals surface area contributed by atoms with Crippen molar-refractivity contribution < 1.29 is 27.9 Å². The number of carbonyl (C=O) groups is 2. The zero-order chi connectivity index (χ0) is 14.6. The van der Waals surface area contributed by atoms with Gasteiger partial charge in [0.1, 0.15) is 6.54 Å². The Labute approximate surface area is 106 Å². The van der Waals surface area contributed by atoms with E-state index in [4.69, 9.17) is 11.5 Å². The first-order valence-corrected chi connectivity index (χ1v) is 4.96. The lowest BCUT2D eigenvalue weighted by Crippen LogP contribution is -2.27. The van der Waals surface area contributed by atoms with E-state index in [0.29, 0.717) is 6.20 Å². The van der Waals surface area contributed by atoms with Gasteiger partial charge in [-0.2, -0.15) is 13.2 Å². The second-order valence-corrected chi connectivity index (χ2v) is 3.54. The quantitative estimate of drug-likeness (QED) is 0.803. The smallest absolute Gasteiger partial charge is 0.418 e. The van der Waals surface area contributed by atoms with Gasteiger partial charge < -0.3 is 15.0 Å². The molecule has 102 valence electrons. The number of halogens is 3. The van der Waals surface area contributed by atoms with Crippen LogP contribution in [0.15, 0.2) is 12.4 Å². The summed E-state index contributed by atoms with van der Waals surface area (Å²) in [5.74, 6) is -0.197. The summed E-state index contributed by atoms with van der Waals surface area (Å²) in [6.45, 7) is -0.504. The minimum atomic E-state index is -4.80. The number of nitrogens with one attached hydrogen (secondary N) is 1. The molecule has 0 aromatic carbocycles. The molecule has 0 saturated heterocycles. The van der Waals surface area contributed by atoms with E-state index >= 15 is 0 Å². The normalized spacial score (nSPS) is 10.8. The first-order chi connectivity index (χ1) is 8.75. The highest BCUT2D eigenvalue weighted by Crippen LogP contribution is 2.32. The molecule has 0 spiro atoms. The highest BCUT2D eigenvalue weighted by molar-refractivity contribution is 5.89. The number of terminal acetylenes is 1. The molecule has 0 aliphatic carbocycles. The fourth-order valence-electron chi connectivity index (χ4n) is 1.37. The van der Waals surface area contributed by atoms with Crippen LogP contribution in [0.5, 0.6) is 0 Å². The molecule has 0 atom stereocenters. The molecule has 1 aromatic rings. The predicted octanol–water partition coefficient (Wildman–Crippen LogP) is 0.955. The van der Waals surface area contributed by atoms with Gasteiger partial charge in [0.05, 0.1) is 17.7 Å². The molecule has 0 unspecified atom stereocenters. The van der Waals surface area contributed by atoms with E-state index in [2.05, 4.69) is 11.2 Å². The number of amides is 1. The molecule has 0 radical (unpaired) electrons. The molecule has 0 aliphatic heterocycles. The van der Waals surface area contributed by atoms with Crippen LogP contribution in [-0.2, 0) is 17.5 Å². The van der Waals surface area contributed by atoms with Gasteiger partial charge in [-0.1, -0.05) is 5.92 Å². The SMILES string of the molecule is C#CCNC(=O)Cn1cc(C(=O)O)c(C(F)(F)F)c1. The third-order valence-corrected chi connectivity index (χ3v) is 2.13. The lowest BCUT2D eigenvalue weighted by molar-refractivity contribution is -0.138. The van der Waals surface area contributed by atoms with Crippen LogP contribution in [0, 0.1) is 12.3 Å². The topological polar surface area (TPSA) is 71.3 Å². The van der Waals surface area contributed by atoms with E-state index in [-0.39, 0.29) is 6.54 Å². The van der Waals surface area contributed by atoms with Crippen molar-refractivity contribution in [2.75, 3.05) is 6.54 Å². The van der Waals surface area contributed by atoms with Gasteiger partial charge in [0.15, 0.2) is 0 Å². The number of carboxylic acid groups (broad SMARTS) is 1. The second-order valence-electron chi connectivity index (χ2n) is 3.54. The summed E-state index contributed by atoms with van der Waals surface area (Å²) >= 11 is 0. The number of aromatic nitrogens is 1. The Morgan fingerprint density at radius 3 is 2.47 bits per heavy atom. The van der Waals surface area contributed by atoms with Crippen molar-refractivity contribution in [1.82, 2.24) is 9.88 Å². The number of hydrogen-bond donors (Lipinski definition) is 2. The van der Waals surface area contributed by atoms with Crippen molar-refractivity contribution in [3.05, 3.63) is 23.5 Å². The molecule has 1 amide bonds. The van der Waals surface area contributed by atoms with Crippen LogP contribution in [-0.4, -0.2) is 28.1 Å². The first-order valence-electron chi connectivity index (χ1n) is 4.96. The molecule has 0 bridgehead atoms. The summed E-state index contributed by atoms with van der Waals surface area (Å²) in [5.41, 5.74) is -2.21. The highest BCUT2D eigenvalue weighted by atomic mass is 19.4. The maximum atomic E-state index is 12.6. The van der Waals surface area contributed by atoms with Crippen molar-refractivity contribution in [1.29, 1.82) is 0 Å². The lowest BCUT2D eigenvalue weighted by Gasteiger charge is -2.04. The fourth-order valence-corrected chi connectivity index (χ4v) is 1.37. The molecule has 1 rings (SSSR count). The van der Waals surface area contributed by atoms with Gasteiger partial charge in [0.2, 0.25) is 5.91 Å². The van der Waals surface area contributed by atoms with Gasteiger partial charge in [-0.05, 0) is 0 Å². The summed E-state index contributed by atoms with van der Waals surface area (Å²) in [4.78, 5) is 22.0. The Hall–Kier alpha value is -2.43. The van der Waals surface area contributed by atoms with Crippen molar-refractivity contribution >= 4 is 11.9 Å².